The Kier molecular flexibility index (Phi) is 8.48. The summed E-state index contributed by atoms with van der Waals surface area (Å²) in [5.74, 6) is 1.66. The maximum Gasteiger partial charge on any atom is 0.128 e. The molecule has 0 unspecified atom stereocenters. The number of hydrogen-bond donors (Lipinski definition) is 0. The Labute approximate surface area is 260 Å². The highest BCUT2D eigenvalue weighted by Gasteiger charge is 2.10. The molecule has 0 aliphatic heterocycles. The van der Waals surface area contributed by atoms with Crippen LogP contribution in [0.5, 0.6) is 11.5 Å². The van der Waals surface area contributed by atoms with Gasteiger partial charge in [-0.1, -0.05) is 122 Å². The minimum Gasteiger partial charge on any atom is -0.457 e. The largest absolute Gasteiger partial charge is 0.457 e. The van der Waals surface area contributed by atoms with Crippen LogP contribution >= 0.6 is 0 Å². The molecule has 0 heterocycles. The van der Waals surface area contributed by atoms with Gasteiger partial charge in [0.15, 0.2) is 0 Å². The van der Waals surface area contributed by atoms with Crippen molar-refractivity contribution in [3.05, 3.63) is 188 Å². The lowest BCUT2D eigenvalue weighted by molar-refractivity contribution is 0.482. The zero-order valence-corrected chi connectivity index (χ0v) is 24.9. The topological polar surface area (TPSA) is 9.23 Å². The summed E-state index contributed by atoms with van der Waals surface area (Å²) in [4.78, 5) is 0. The molecule has 44 heavy (non-hydrogen) atoms. The maximum absolute atomic E-state index is 6.18. The number of allylic oxidation sites excluding steroid dienone is 4. The van der Waals surface area contributed by atoms with Gasteiger partial charge in [0, 0.05) is 0 Å². The van der Waals surface area contributed by atoms with Crippen molar-refractivity contribution in [2.45, 2.75) is 6.92 Å². The summed E-state index contributed by atoms with van der Waals surface area (Å²) in [6.07, 6.45) is 5.70. The van der Waals surface area contributed by atoms with E-state index < -0.39 is 0 Å². The van der Waals surface area contributed by atoms with Crippen LogP contribution in [0.2, 0.25) is 0 Å². The molecule has 0 aromatic heterocycles. The van der Waals surface area contributed by atoms with Crippen LogP contribution in [0.1, 0.15) is 11.1 Å². The third-order valence-electron chi connectivity index (χ3n) is 7.65. The van der Waals surface area contributed by atoms with Gasteiger partial charge in [-0.05, 0) is 123 Å². The van der Waals surface area contributed by atoms with Gasteiger partial charge in [0.05, 0.1) is 0 Å². The lowest BCUT2D eigenvalue weighted by Crippen LogP contribution is -1.89. The average Bonchev–Trinajstić information content (AvgIpc) is 3.08. The van der Waals surface area contributed by atoms with E-state index in [-0.39, 0.29) is 0 Å². The maximum atomic E-state index is 6.18. The molecule has 212 valence electrons. The summed E-state index contributed by atoms with van der Waals surface area (Å²) in [7, 11) is 0. The van der Waals surface area contributed by atoms with Crippen molar-refractivity contribution in [2.75, 3.05) is 0 Å². The number of hydrogen-bond acceptors (Lipinski definition) is 1. The van der Waals surface area contributed by atoms with E-state index in [1.807, 2.05) is 54.6 Å². The minimum absolute atomic E-state index is 0.828. The molecule has 1 heteroatoms. The molecule has 0 radical (unpaired) electrons. The molecule has 0 aliphatic carbocycles. The molecule has 0 spiro atoms. The molecule has 6 aromatic carbocycles. The molecular formula is C43H34O. The second-order valence-corrected chi connectivity index (χ2v) is 10.8. The molecule has 0 saturated heterocycles. The average molecular weight is 567 g/mol. The fourth-order valence-electron chi connectivity index (χ4n) is 5.52. The lowest BCUT2D eigenvalue weighted by atomic mass is 9.91. The van der Waals surface area contributed by atoms with E-state index in [1.165, 1.54) is 5.56 Å². The summed E-state index contributed by atoms with van der Waals surface area (Å²) in [5.41, 5.74) is 12.5. The first-order chi connectivity index (χ1) is 21.6. The summed E-state index contributed by atoms with van der Waals surface area (Å²) in [6, 6.07) is 51.0. The van der Waals surface area contributed by atoms with E-state index in [2.05, 4.69) is 129 Å². The molecule has 6 rings (SSSR count). The monoisotopic (exact) mass is 566 g/mol. The van der Waals surface area contributed by atoms with Gasteiger partial charge >= 0.3 is 0 Å². The Balaban J connectivity index is 1.38. The quantitative estimate of drug-likeness (QED) is 0.158. The van der Waals surface area contributed by atoms with Crippen molar-refractivity contribution in [1.82, 2.24) is 0 Å². The number of aryl methyl sites for hydroxylation is 1. The van der Waals surface area contributed by atoms with Crippen LogP contribution < -0.4 is 4.74 Å². The van der Waals surface area contributed by atoms with Crippen molar-refractivity contribution in [2.24, 2.45) is 0 Å². The molecule has 0 fully saturated rings. The van der Waals surface area contributed by atoms with Gasteiger partial charge in [-0.25, -0.2) is 0 Å². The second-order valence-electron chi connectivity index (χ2n) is 10.8. The minimum atomic E-state index is 0.828. The number of benzene rings is 6. The van der Waals surface area contributed by atoms with Gasteiger partial charge in [-0.2, -0.15) is 0 Å². The zero-order valence-electron chi connectivity index (χ0n) is 24.9. The van der Waals surface area contributed by atoms with Gasteiger partial charge < -0.3 is 4.74 Å². The van der Waals surface area contributed by atoms with Crippen molar-refractivity contribution in [3.63, 3.8) is 0 Å². The SMILES string of the molecule is C=C/C=C(\C=C)c1cc(-c2ccccc2)cc(-c2cccc(-c3cccc(-c4cc(C)cc(Oc5ccccc5)c4)c3)c2)c1. The van der Waals surface area contributed by atoms with E-state index in [0.29, 0.717) is 0 Å². The number of ether oxygens (including phenoxy) is 1. The van der Waals surface area contributed by atoms with Gasteiger partial charge in [-0.3, -0.25) is 0 Å². The van der Waals surface area contributed by atoms with Gasteiger partial charge in [0.2, 0.25) is 0 Å². The van der Waals surface area contributed by atoms with Crippen LogP contribution in [0.3, 0.4) is 0 Å². The summed E-state index contributed by atoms with van der Waals surface area (Å²) >= 11 is 0. The van der Waals surface area contributed by atoms with Gasteiger partial charge in [0.1, 0.15) is 11.5 Å². The van der Waals surface area contributed by atoms with Crippen LogP contribution in [0.4, 0.5) is 0 Å². The third-order valence-corrected chi connectivity index (χ3v) is 7.65. The van der Waals surface area contributed by atoms with E-state index in [1.54, 1.807) is 0 Å². The summed E-state index contributed by atoms with van der Waals surface area (Å²) in [6.45, 7) is 10.1. The second kappa shape index (κ2) is 13.1. The van der Waals surface area contributed by atoms with E-state index in [0.717, 1.165) is 67.1 Å². The van der Waals surface area contributed by atoms with Crippen molar-refractivity contribution >= 4 is 5.57 Å². The first kappa shape index (κ1) is 28.5. The summed E-state index contributed by atoms with van der Waals surface area (Å²) < 4.78 is 6.18. The highest BCUT2D eigenvalue weighted by molar-refractivity contribution is 5.85. The first-order valence-corrected chi connectivity index (χ1v) is 14.8. The van der Waals surface area contributed by atoms with Crippen LogP contribution in [0.25, 0.3) is 50.1 Å². The number of para-hydroxylation sites is 1. The Morgan fingerprint density at radius 2 is 0.977 bits per heavy atom. The van der Waals surface area contributed by atoms with Gasteiger partial charge in [-0.15, -0.1) is 0 Å². The van der Waals surface area contributed by atoms with E-state index >= 15 is 0 Å². The van der Waals surface area contributed by atoms with Crippen LogP contribution in [0, 0.1) is 6.92 Å². The number of rotatable bonds is 9. The predicted molar refractivity (Wildman–Crippen MR) is 188 cm³/mol. The molecule has 6 aromatic rings. The molecule has 1 nitrogen and oxygen atoms in total. The highest BCUT2D eigenvalue weighted by atomic mass is 16.5. The molecule has 0 saturated carbocycles. The van der Waals surface area contributed by atoms with Crippen LogP contribution in [-0.2, 0) is 0 Å². The normalized spacial score (nSPS) is 11.2. The van der Waals surface area contributed by atoms with Crippen LogP contribution in [0.15, 0.2) is 177 Å². The summed E-state index contributed by atoms with van der Waals surface area (Å²) in [5, 5.41) is 0. The molecule has 0 atom stereocenters. The smallest absolute Gasteiger partial charge is 0.128 e. The van der Waals surface area contributed by atoms with Crippen LogP contribution in [-0.4, -0.2) is 0 Å². The van der Waals surface area contributed by atoms with Gasteiger partial charge in [0.25, 0.3) is 0 Å². The van der Waals surface area contributed by atoms with Crippen molar-refractivity contribution in [3.8, 4) is 56.0 Å². The Morgan fingerprint density at radius 1 is 0.477 bits per heavy atom. The molecule has 0 bridgehead atoms. The first-order valence-electron chi connectivity index (χ1n) is 14.8. The molecule has 0 aliphatic rings. The fraction of sp³-hybridized carbons (Fsp3) is 0.0233. The standard InChI is InChI=1S/C43H34O/c1-4-14-32(5-2)39-27-40(33-15-8-6-9-16-33)29-41(28-39)37-20-13-18-35(26-37)34-17-12-19-36(25-34)38-23-31(3)24-43(30-38)44-42-21-10-7-11-22-42/h4-30H,1-2H2,3H3/b32-14+. The zero-order chi connectivity index (χ0) is 30.3. The molecular weight excluding hydrogens is 532 g/mol. The Morgan fingerprint density at radius 3 is 1.57 bits per heavy atom. The predicted octanol–water partition coefficient (Wildman–Crippen LogP) is 12.2. The molecule has 0 N–H and O–H groups in total. The molecule has 0 amide bonds. The third kappa shape index (κ3) is 6.53. The van der Waals surface area contributed by atoms with E-state index in [4.69, 9.17) is 4.74 Å². The highest BCUT2D eigenvalue weighted by Crippen LogP contribution is 2.35. The Hall–Kier alpha value is -5.66. The van der Waals surface area contributed by atoms with Crippen molar-refractivity contribution < 1.29 is 4.74 Å². The Bertz CT molecular complexity index is 1960. The fourth-order valence-corrected chi connectivity index (χ4v) is 5.52. The lowest BCUT2D eigenvalue weighted by Gasteiger charge is -2.13. The van der Waals surface area contributed by atoms with E-state index in [9.17, 15) is 0 Å². The van der Waals surface area contributed by atoms with Crippen molar-refractivity contribution in [1.29, 1.82) is 0 Å².